The molecule has 0 aliphatic carbocycles. The number of aliphatic hydroxyl groups is 1. The molecule has 1 aliphatic heterocycles. The van der Waals surface area contributed by atoms with Gasteiger partial charge in [0.05, 0.1) is 5.56 Å². The number of carboxylic acid groups (broad SMARTS) is 1. The number of carbonyl (C=O) groups is 2. The average molecular weight is 325 g/mol. The molecular formula is C16H20FNO5. The molecule has 126 valence electrons. The molecule has 1 atom stereocenters. The summed E-state index contributed by atoms with van der Waals surface area (Å²) < 4.78 is 18.8. The summed E-state index contributed by atoms with van der Waals surface area (Å²) in [6, 6.07) is 3.03. The number of hydrogen-bond donors (Lipinski definition) is 2. The van der Waals surface area contributed by atoms with Crippen LogP contribution in [0.4, 0.5) is 9.18 Å². The molecule has 23 heavy (non-hydrogen) atoms. The fourth-order valence-corrected chi connectivity index (χ4v) is 2.68. The Labute approximate surface area is 133 Å². The van der Waals surface area contributed by atoms with Gasteiger partial charge >= 0.3 is 12.1 Å². The van der Waals surface area contributed by atoms with Gasteiger partial charge in [0.25, 0.3) is 0 Å². The van der Waals surface area contributed by atoms with Crippen LogP contribution < -0.4 is 0 Å². The van der Waals surface area contributed by atoms with E-state index in [1.54, 1.807) is 20.8 Å². The van der Waals surface area contributed by atoms with E-state index >= 15 is 0 Å². The fraction of sp³-hybridized carbons (Fsp3) is 0.500. The number of benzene rings is 1. The molecule has 1 amide bonds. The Morgan fingerprint density at radius 3 is 2.57 bits per heavy atom. The number of nitrogens with zero attached hydrogens (tertiary/aromatic N) is 1. The van der Waals surface area contributed by atoms with Gasteiger partial charge in [0.15, 0.2) is 5.72 Å². The second kappa shape index (κ2) is 5.81. The number of rotatable bonds is 2. The predicted octanol–water partition coefficient (Wildman–Crippen LogP) is 2.70. The summed E-state index contributed by atoms with van der Waals surface area (Å²) in [5, 5.41) is 20.2. The predicted molar refractivity (Wildman–Crippen MR) is 79.4 cm³/mol. The van der Waals surface area contributed by atoms with Crippen LogP contribution in [0, 0.1) is 5.82 Å². The quantitative estimate of drug-likeness (QED) is 0.873. The molecule has 0 bridgehead atoms. The zero-order valence-electron chi connectivity index (χ0n) is 13.3. The second-order valence-electron chi connectivity index (χ2n) is 6.55. The van der Waals surface area contributed by atoms with E-state index in [9.17, 15) is 24.2 Å². The molecule has 1 aromatic carbocycles. The summed E-state index contributed by atoms with van der Waals surface area (Å²) in [7, 11) is 0. The molecule has 0 saturated carbocycles. The van der Waals surface area contributed by atoms with Crippen LogP contribution in [-0.4, -0.2) is 39.3 Å². The van der Waals surface area contributed by atoms with Gasteiger partial charge < -0.3 is 14.9 Å². The van der Waals surface area contributed by atoms with Crippen molar-refractivity contribution in [3.8, 4) is 0 Å². The minimum Gasteiger partial charge on any atom is -0.478 e. The van der Waals surface area contributed by atoms with E-state index in [-0.39, 0.29) is 24.1 Å². The van der Waals surface area contributed by atoms with Crippen molar-refractivity contribution in [2.45, 2.75) is 44.9 Å². The van der Waals surface area contributed by atoms with Gasteiger partial charge in [-0.05, 0) is 45.4 Å². The normalized spacial score (nSPS) is 21.3. The van der Waals surface area contributed by atoms with Crippen molar-refractivity contribution in [2.24, 2.45) is 0 Å². The van der Waals surface area contributed by atoms with Crippen LogP contribution in [0.3, 0.4) is 0 Å². The summed E-state index contributed by atoms with van der Waals surface area (Å²) in [5.74, 6) is -1.99. The lowest BCUT2D eigenvalue weighted by molar-refractivity contribution is -0.0899. The zero-order valence-corrected chi connectivity index (χ0v) is 13.3. The Balaban J connectivity index is 2.46. The topological polar surface area (TPSA) is 87.1 Å². The van der Waals surface area contributed by atoms with Crippen molar-refractivity contribution < 1.29 is 28.9 Å². The number of halogens is 1. The molecule has 0 aromatic heterocycles. The van der Waals surface area contributed by atoms with Gasteiger partial charge in [-0.3, -0.25) is 4.90 Å². The third-order valence-corrected chi connectivity index (χ3v) is 3.61. The summed E-state index contributed by atoms with van der Waals surface area (Å²) >= 11 is 0. The Bertz CT molecular complexity index is 640. The van der Waals surface area contributed by atoms with E-state index in [1.165, 1.54) is 0 Å². The Morgan fingerprint density at radius 1 is 1.35 bits per heavy atom. The molecule has 1 saturated heterocycles. The van der Waals surface area contributed by atoms with E-state index in [0.29, 0.717) is 6.42 Å². The number of amides is 1. The van der Waals surface area contributed by atoms with Gasteiger partial charge in [-0.1, -0.05) is 0 Å². The molecule has 0 radical (unpaired) electrons. The van der Waals surface area contributed by atoms with E-state index in [1.807, 2.05) is 0 Å². The molecule has 1 unspecified atom stereocenters. The maximum Gasteiger partial charge on any atom is 0.412 e. The van der Waals surface area contributed by atoms with Crippen LogP contribution >= 0.6 is 0 Å². The molecule has 1 aromatic rings. The number of carbonyl (C=O) groups excluding carboxylic acids is 1. The molecular weight excluding hydrogens is 305 g/mol. The van der Waals surface area contributed by atoms with Crippen LogP contribution in [0.1, 0.15) is 49.5 Å². The van der Waals surface area contributed by atoms with Crippen LogP contribution in [-0.2, 0) is 10.5 Å². The van der Waals surface area contributed by atoms with Crippen LogP contribution in [0.25, 0.3) is 0 Å². The Kier molecular flexibility index (Phi) is 4.34. The molecule has 6 nitrogen and oxygen atoms in total. The first-order valence-corrected chi connectivity index (χ1v) is 7.31. The first-order valence-electron chi connectivity index (χ1n) is 7.31. The van der Waals surface area contributed by atoms with Gasteiger partial charge in [0.2, 0.25) is 0 Å². The van der Waals surface area contributed by atoms with Crippen molar-refractivity contribution in [1.29, 1.82) is 0 Å². The van der Waals surface area contributed by atoms with Crippen molar-refractivity contribution in [3.63, 3.8) is 0 Å². The van der Waals surface area contributed by atoms with Gasteiger partial charge in [-0.15, -0.1) is 0 Å². The number of ether oxygens (including phenoxy) is 1. The summed E-state index contributed by atoms with van der Waals surface area (Å²) in [4.78, 5) is 24.7. The Morgan fingerprint density at radius 2 is 2.00 bits per heavy atom. The third kappa shape index (κ3) is 3.44. The minimum absolute atomic E-state index is 0.107. The lowest BCUT2D eigenvalue weighted by atomic mass is 9.94. The maximum atomic E-state index is 13.6. The number of carboxylic acids is 1. The summed E-state index contributed by atoms with van der Waals surface area (Å²) in [5.41, 5.74) is -3.06. The lowest BCUT2D eigenvalue weighted by Crippen LogP contribution is -2.47. The fourth-order valence-electron chi connectivity index (χ4n) is 2.68. The smallest absolute Gasteiger partial charge is 0.412 e. The highest BCUT2D eigenvalue weighted by molar-refractivity contribution is 5.90. The molecule has 1 aliphatic rings. The largest absolute Gasteiger partial charge is 0.478 e. The molecule has 2 rings (SSSR count). The van der Waals surface area contributed by atoms with Crippen molar-refractivity contribution >= 4 is 12.1 Å². The molecule has 1 heterocycles. The average Bonchev–Trinajstić information content (AvgIpc) is 2.79. The van der Waals surface area contributed by atoms with Gasteiger partial charge in [-0.25, -0.2) is 14.0 Å². The molecule has 1 fully saturated rings. The molecule has 7 heteroatoms. The van der Waals surface area contributed by atoms with Gasteiger partial charge in [0, 0.05) is 18.5 Å². The third-order valence-electron chi connectivity index (χ3n) is 3.61. The number of hydrogen-bond acceptors (Lipinski definition) is 4. The Hall–Kier alpha value is -2.15. The molecule has 2 N–H and O–H groups in total. The first kappa shape index (κ1) is 17.2. The van der Waals surface area contributed by atoms with Gasteiger partial charge in [0.1, 0.15) is 11.4 Å². The van der Waals surface area contributed by atoms with Crippen molar-refractivity contribution in [1.82, 2.24) is 4.90 Å². The van der Waals surface area contributed by atoms with E-state index in [2.05, 4.69) is 0 Å². The SMILES string of the molecule is CC(C)(C)OC(=O)N1CCCC1(O)c1cc(F)ccc1C(=O)O. The highest BCUT2D eigenvalue weighted by Crippen LogP contribution is 2.39. The second-order valence-corrected chi connectivity index (χ2v) is 6.55. The monoisotopic (exact) mass is 325 g/mol. The van der Waals surface area contributed by atoms with Crippen LogP contribution in [0.5, 0.6) is 0 Å². The maximum absolute atomic E-state index is 13.6. The van der Waals surface area contributed by atoms with Gasteiger partial charge in [-0.2, -0.15) is 0 Å². The summed E-state index contributed by atoms with van der Waals surface area (Å²) in [6.07, 6.45) is -0.209. The minimum atomic E-state index is -1.90. The van der Waals surface area contributed by atoms with Crippen LogP contribution in [0.15, 0.2) is 18.2 Å². The number of aromatic carboxylic acids is 1. The number of likely N-dealkylation sites (tertiary alicyclic amines) is 1. The van der Waals surface area contributed by atoms with Crippen molar-refractivity contribution in [3.05, 3.63) is 35.1 Å². The highest BCUT2D eigenvalue weighted by Gasteiger charge is 2.47. The summed E-state index contributed by atoms with van der Waals surface area (Å²) in [6.45, 7) is 5.25. The highest BCUT2D eigenvalue weighted by atomic mass is 19.1. The van der Waals surface area contributed by atoms with Crippen molar-refractivity contribution in [2.75, 3.05) is 6.54 Å². The van der Waals surface area contributed by atoms with E-state index in [4.69, 9.17) is 4.74 Å². The van der Waals surface area contributed by atoms with E-state index in [0.717, 1.165) is 23.1 Å². The lowest BCUT2D eigenvalue weighted by Gasteiger charge is -2.35. The molecule has 0 spiro atoms. The van der Waals surface area contributed by atoms with E-state index < -0.39 is 29.2 Å². The standard InChI is InChI=1S/C16H20FNO5/c1-15(2,3)23-14(21)18-8-4-7-16(18,22)12-9-10(17)5-6-11(12)13(19)20/h5-6,9,22H,4,7-8H2,1-3H3,(H,19,20). The zero-order chi connectivity index (χ0) is 17.4. The van der Waals surface area contributed by atoms with Crippen LogP contribution in [0.2, 0.25) is 0 Å². The first-order chi connectivity index (χ1) is 10.5.